The number of hydrogen-bond donors (Lipinski definition) is 2. The Hall–Kier alpha value is -0.980. The van der Waals surface area contributed by atoms with Gasteiger partial charge in [0.25, 0.3) is 0 Å². The Morgan fingerprint density at radius 2 is 1.95 bits per heavy atom. The third-order valence-electron chi connectivity index (χ3n) is 3.59. The SMILES string of the molecule is CCOc1ccc(CNC(=NC)NC(C)C(C)C)cc1C.I. The van der Waals surface area contributed by atoms with E-state index >= 15 is 0 Å². The van der Waals surface area contributed by atoms with Gasteiger partial charge >= 0.3 is 0 Å². The quantitative estimate of drug-likeness (QED) is 0.420. The molecule has 0 aromatic heterocycles. The number of nitrogens with one attached hydrogen (secondary N) is 2. The van der Waals surface area contributed by atoms with Gasteiger partial charge in [0.15, 0.2) is 5.96 Å². The Labute approximate surface area is 152 Å². The number of aryl methyl sites for hydroxylation is 1. The summed E-state index contributed by atoms with van der Waals surface area (Å²) in [4.78, 5) is 4.26. The van der Waals surface area contributed by atoms with Crippen molar-refractivity contribution in [1.82, 2.24) is 10.6 Å². The molecule has 0 bridgehead atoms. The fourth-order valence-electron chi connectivity index (χ4n) is 1.90. The fourth-order valence-corrected chi connectivity index (χ4v) is 1.90. The molecule has 2 N–H and O–H groups in total. The van der Waals surface area contributed by atoms with Gasteiger partial charge in [-0.15, -0.1) is 24.0 Å². The maximum absolute atomic E-state index is 5.56. The molecule has 0 fully saturated rings. The maximum Gasteiger partial charge on any atom is 0.191 e. The van der Waals surface area contributed by atoms with E-state index in [1.165, 1.54) is 5.56 Å². The van der Waals surface area contributed by atoms with Crippen LogP contribution in [0.4, 0.5) is 0 Å². The van der Waals surface area contributed by atoms with E-state index in [2.05, 4.69) is 55.5 Å². The number of ether oxygens (including phenoxy) is 1. The van der Waals surface area contributed by atoms with Gasteiger partial charge in [0.2, 0.25) is 0 Å². The molecule has 1 aromatic rings. The molecular formula is C17H30IN3O. The molecule has 0 aliphatic carbocycles. The van der Waals surface area contributed by atoms with Crippen LogP contribution in [0.15, 0.2) is 23.2 Å². The van der Waals surface area contributed by atoms with E-state index < -0.39 is 0 Å². The zero-order valence-corrected chi connectivity index (χ0v) is 16.9. The van der Waals surface area contributed by atoms with Crippen molar-refractivity contribution in [3.63, 3.8) is 0 Å². The number of aliphatic imine (C=N–C) groups is 1. The van der Waals surface area contributed by atoms with Crippen molar-refractivity contribution >= 4 is 29.9 Å². The Bertz CT molecular complexity index is 475. The van der Waals surface area contributed by atoms with Gasteiger partial charge in [-0.25, -0.2) is 0 Å². The van der Waals surface area contributed by atoms with Crippen LogP contribution in [0.25, 0.3) is 0 Å². The van der Waals surface area contributed by atoms with E-state index in [-0.39, 0.29) is 24.0 Å². The number of benzene rings is 1. The number of guanidine groups is 1. The monoisotopic (exact) mass is 419 g/mol. The molecule has 1 aromatic carbocycles. The summed E-state index contributed by atoms with van der Waals surface area (Å²) in [7, 11) is 1.80. The summed E-state index contributed by atoms with van der Waals surface area (Å²) in [5, 5.41) is 6.75. The van der Waals surface area contributed by atoms with Gasteiger partial charge in [-0.2, -0.15) is 0 Å². The number of rotatable bonds is 6. The number of nitrogens with zero attached hydrogens (tertiary/aromatic N) is 1. The minimum absolute atomic E-state index is 0. The van der Waals surface area contributed by atoms with Crippen LogP contribution >= 0.6 is 24.0 Å². The Morgan fingerprint density at radius 3 is 2.45 bits per heavy atom. The molecule has 0 aliphatic rings. The summed E-state index contributed by atoms with van der Waals surface area (Å²) in [5.41, 5.74) is 2.38. The maximum atomic E-state index is 5.56. The molecule has 0 saturated heterocycles. The minimum Gasteiger partial charge on any atom is -0.494 e. The molecule has 0 radical (unpaired) electrons. The van der Waals surface area contributed by atoms with Crippen molar-refractivity contribution in [3.8, 4) is 5.75 Å². The van der Waals surface area contributed by atoms with E-state index in [9.17, 15) is 0 Å². The second-order valence-electron chi connectivity index (χ2n) is 5.64. The van der Waals surface area contributed by atoms with Crippen molar-refractivity contribution < 1.29 is 4.74 Å². The van der Waals surface area contributed by atoms with Crippen LogP contribution in [0.2, 0.25) is 0 Å². The first kappa shape index (κ1) is 21.0. The first-order valence-electron chi connectivity index (χ1n) is 7.67. The van der Waals surface area contributed by atoms with E-state index in [0.29, 0.717) is 18.6 Å². The van der Waals surface area contributed by atoms with Crippen LogP contribution < -0.4 is 15.4 Å². The highest BCUT2D eigenvalue weighted by Gasteiger charge is 2.09. The van der Waals surface area contributed by atoms with Gasteiger partial charge in [0.05, 0.1) is 6.61 Å². The van der Waals surface area contributed by atoms with Gasteiger partial charge in [0.1, 0.15) is 5.75 Å². The second kappa shape index (κ2) is 10.7. The van der Waals surface area contributed by atoms with Crippen molar-refractivity contribution in [2.24, 2.45) is 10.9 Å². The van der Waals surface area contributed by atoms with Crippen LogP contribution in [0.3, 0.4) is 0 Å². The van der Waals surface area contributed by atoms with Crippen molar-refractivity contribution in [2.75, 3.05) is 13.7 Å². The average molecular weight is 419 g/mol. The summed E-state index contributed by atoms with van der Waals surface area (Å²) in [6.07, 6.45) is 0. The Balaban J connectivity index is 0.00000441. The lowest BCUT2D eigenvalue weighted by atomic mass is 10.1. The zero-order valence-electron chi connectivity index (χ0n) is 14.6. The van der Waals surface area contributed by atoms with Gasteiger partial charge in [-0.1, -0.05) is 26.0 Å². The van der Waals surface area contributed by atoms with Crippen LogP contribution in [-0.4, -0.2) is 25.7 Å². The summed E-state index contributed by atoms with van der Waals surface area (Å²) in [6, 6.07) is 6.66. The molecule has 0 spiro atoms. The first-order chi connectivity index (χ1) is 9.97. The molecule has 0 amide bonds. The first-order valence-corrected chi connectivity index (χ1v) is 7.67. The van der Waals surface area contributed by atoms with E-state index in [1.54, 1.807) is 7.05 Å². The largest absolute Gasteiger partial charge is 0.494 e. The van der Waals surface area contributed by atoms with Crippen molar-refractivity contribution in [3.05, 3.63) is 29.3 Å². The molecular weight excluding hydrogens is 389 g/mol. The molecule has 1 unspecified atom stereocenters. The number of hydrogen-bond acceptors (Lipinski definition) is 2. The standard InChI is InChI=1S/C17H29N3O.HI/c1-7-21-16-9-8-15(10-13(16)4)11-19-17(18-6)20-14(5)12(2)3;/h8-10,12,14H,7,11H2,1-6H3,(H2,18,19,20);1H. The molecule has 0 saturated carbocycles. The summed E-state index contributed by atoms with van der Waals surface area (Å²) in [5.74, 6) is 2.36. The van der Waals surface area contributed by atoms with Crippen LogP contribution in [0.1, 0.15) is 38.8 Å². The fraction of sp³-hybridized carbons (Fsp3) is 0.588. The third-order valence-corrected chi connectivity index (χ3v) is 3.59. The van der Waals surface area contributed by atoms with E-state index in [0.717, 1.165) is 23.8 Å². The lowest BCUT2D eigenvalue weighted by Gasteiger charge is -2.21. The summed E-state index contributed by atoms with van der Waals surface area (Å²) < 4.78 is 5.56. The van der Waals surface area contributed by atoms with E-state index in [4.69, 9.17) is 4.74 Å². The predicted molar refractivity (Wildman–Crippen MR) is 105 cm³/mol. The van der Waals surface area contributed by atoms with Crippen LogP contribution in [0.5, 0.6) is 5.75 Å². The highest BCUT2D eigenvalue weighted by atomic mass is 127. The highest BCUT2D eigenvalue weighted by molar-refractivity contribution is 14.0. The lowest BCUT2D eigenvalue weighted by molar-refractivity contribution is 0.338. The summed E-state index contributed by atoms with van der Waals surface area (Å²) in [6.45, 7) is 12.1. The van der Waals surface area contributed by atoms with Crippen LogP contribution in [-0.2, 0) is 6.54 Å². The topological polar surface area (TPSA) is 45.6 Å². The highest BCUT2D eigenvalue weighted by Crippen LogP contribution is 2.18. The summed E-state index contributed by atoms with van der Waals surface area (Å²) >= 11 is 0. The average Bonchev–Trinajstić information content (AvgIpc) is 2.45. The Kier molecular flexibility index (Phi) is 10.2. The van der Waals surface area contributed by atoms with Gasteiger partial charge in [-0.05, 0) is 43.9 Å². The van der Waals surface area contributed by atoms with Gasteiger partial charge in [-0.3, -0.25) is 4.99 Å². The smallest absolute Gasteiger partial charge is 0.191 e. The molecule has 126 valence electrons. The molecule has 1 rings (SSSR count). The molecule has 0 aliphatic heterocycles. The third kappa shape index (κ3) is 6.85. The van der Waals surface area contributed by atoms with Gasteiger partial charge < -0.3 is 15.4 Å². The molecule has 4 nitrogen and oxygen atoms in total. The van der Waals surface area contributed by atoms with Crippen molar-refractivity contribution in [2.45, 2.75) is 47.2 Å². The zero-order chi connectivity index (χ0) is 15.8. The molecule has 5 heteroatoms. The lowest BCUT2D eigenvalue weighted by Crippen LogP contribution is -2.43. The Morgan fingerprint density at radius 1 is 1.27 bits per heavy atom. The minimum atomic E-state index is 0. The van der Waals surface area contributed by atoms with E-state index in [1.807, 2.05) is 13.0 Å². The van der Waals surface area contributed by atoms with Crippen molar-refractivity contribution in [1.29, 1.82) is 0 Å². The van der Waals surface area contributed by atoms with Gasteiger partial charge in [0, 0.05) is 19.6 Å². The normalized spacial score (nSPS) is 12.6. The predicted octanol–water partition coefficient (Wildman–Crippen LogP) is 3.72. The second-order valence-corrected chi connectivity index (χ2v) is 5.64. The van der Waals surface area contributed by atoms with Crippen LogP contribution in [0, 0.1) is 12.8 Å². The molecule has 1 atom stereocenters. The molecule has 22 heavy (non-hydrogen) atoms. The molecule has 0 heterocycles. The number of halogens is 1.